The Balaban J connectivity index is 1.38. The zero-order chi connectivity index (χ0) is 22.5. The van der Waals surface area contributed by atoms with Crippen LogP contribution in [0.25, 0.3) is 10.9 Å². The number of piperidine rings is 1. The van der Waals surface area contributed by atoms with Gasteiger partial charge in [-0.1, -0.05) is 41.6 Å². The lowest BCUT2D eigenvalue weighted by atomic mass is 10.00. The summed E-state index contributed by atoms with van der Waals surface area (Å²) >= 11 is 6.48. The average molecular weight is 455 g/mol. The van der Waals surface area contributed by atoms with Crippen LogP contribution in [0.3, 0.4) is 0 Å². The van der Waals surface area contributed by atoms with E-state index in [-0.39, 0.29) is 0 Å². The lowest BCUT2D eigenvalue weighted by Gasteiger charge is -2.17. The van der Waals surface area contributed by atoms with Crippen LogP contribution in [0, 0.1) is 17.8 Å². The van der Waals surface area contributed by atoms with E-state index in [2.05, 4.69) is 32.4 Å². The van der Waals surface area contributed by atoms with Gasteiger partial charge in [-0.05, 0) is 67.9 Å². The molecule has 1 fully saturated rings. The van der Waals surface area contributed by atoms with Crippen LogP contribution in [-0.4, -0.2) is 23.1 Å². The topological polar surface area (TPSA) is 59.1 Å². The third-order valence-corrected chi connectivity index (χ3v) is 5.81. The molecule has 1 unspecified atom stereocenters. The van der Waals surface area contributed by atoms with Crippen molar-refractivity contribution in [2.45, 2.75) is 12.8 Å². The molecule has 3 aromatic carbocycles. The standard InChI is InChI=1S/C27H23ClN4O/c28-24-16-21(11-13-26(24)33-22-6-2-1-3-7-22)32-27-23-15-19(10-12-25(23)30-18-31-27)8-9-20-5-4-14-29-17-20/h1-3,6-7,10-13,15-16,18,20,29H,4-5,14,17H2,(H,30,31,32). The molecule has 1 saturated heterocycles. The first-order valence-electron chi connectivity index (χ1n) is 11.0. The number of anilines is 2. The molecule has 5 rings (SSSR count). The molecule has 1 atom stereocenters. The average Bonchev–Trinajstić information content (AvgIpc) is 2.86. The Morgan fingerprint density at radius 3 is 2.76 bits per heavy atom. The zero-order valence-electron chi connectivity index (χ0n) is 18.0. The van der Waals surface area contributed by atoms with E-state index in [0.717, 1.165) is 47.4 Å². The van der Waals surface area contributed by atoms with Gasteiger partial charge < -0.3 is 15.4 Å². The van der Waals surface area contributed by atoms with Gasteiger partial charge in [0.1, 0.15) is 23.6 Å². The van der Waals surface area contributed by atoms with E-state index in [1.807, 2.05) is 66.7 Å². The molecule has 2 heterocycles. The molecule has 0 radical (unpaired) electrons. The minimum absolute atomic E-state index is 0.401. The van der Waals surface area contributed by atoms with Crippen molar-refractivity contribution in [2.75, 3.05) is 18.4 Å². The Morgan fingerprint density at radius 2 is 1.94 bits per heavy atom. The second-order valence-electron chi connectivity index (χ2n) is 7.95. The highest BCUT2D eigenvalue weighted by Crippen LogP contribution is 2.33. The van der Waals surface area contributed by atoms with Gasteiger partial charge in [0.25, 0.3) is 0 Å². The Bertz CT molecular complexity index is 1320. The monoisotopic (exact) mass is 454 g/mol. The van der Waals surface area contributed by atoms with E-state index < -0.39 is 0 Å². The van der Waals surface area contributed by atoms with Crippen molar-refractivity contribution in [3.8, 4) is 23.3 Å². The predicted molar refractivity (Wildman–Crippen MR) is 133 cm³/mol. The van der Waals surface area contributed by atoms with Crippen molar-refractivity contribution in [1.29, 1.82) is 0 Å². The van der Waals surface area contributed by atoms with Gasteiger partial charge in [0, 0.05) is 29.1 Å². The molecule has 0 aliphatic carbocycles. The SMILES string of the molecule is Clc1cc(Nc2ncnc3ccc(C#CC4CCCNC4)cc23)ccc1Oc1ccccc1. The number of nitrogens with zero attached hydrogens (tertiary/aromatic N) is 2. The van der Waals surface area contributed by atoms with Gasteiger partial charge >= 0.3 is 0 Å². The van der Waals surface area contributed by atoms with Crippen molar-refractivity contribution in [3.63, 3.8) is 0 Å². The molecule has 0 spiro atoms. The summed E-state index contributed by atoms with van der Waals surface area (Å²) in [6.45, 7) is 2.05. The zero-order valence-corrected chi connectivity index (χ0v) is 18.8. The van der Waals surface area contributed by atoms with Crippen LogP contribution in [0.5, 0.6) is 11.5 Å². The molecule has 2 N–H and O–H groups in total. The molecule has 1 aliphatic heterocycles. The minimum Gasteiger partial charge on any atom is -0.456 e. The number of hydrogen-bond acceptors (Lipinski definition) is 5. The van der Waals surface area contributed by atoms with Crippen LogP contribution in [0.2, 0.25) is 5.02 Å². The van der Waals surface area contributed by atoms with Crippen LogP contribution in [0.15, 0.2) is 73.1 Å². The summed E-state index contributed by atoms with van der Waals surface area (Å²) in [5.74, 6) is 9.16. The van der Waals surface area contributed by atoms with Crippen LogP contribution >= 0.6 is 11.6 Å². The number of fused-ring (bicyclic) bond motifs is 1. The molecular weight excluding hydrogens is 432 g/mol. The molecule has 1 aromatic heterocycles. The van der Waals surface area contributed by atoms with Crippen LogP contribution in [0.4, 0.5) is 11.5 Å². The maximum Gasteiger partial charge on any atom is 0.146 e. The maximum absolute atomic E-state index is 6.48. The second-order valence-corrected chi connectivity index (χ2v) is 8.36. The molecule has 0 amide bonds. The number of para-hydroxylation sites is 1. The molecule has 5 nitrogen and oxygen atoms in total. The van der Waals surface area contributed by atoms with Crippen molar-refractivity contribution in [2.24, 2.45) is 5.92 Å². The third kappa shape index (κ3) is 5.25. The molecule has 33 heavy (non-hydrogen) atoms. The Kier molecular flexibility index (Phi) is 6.39. The molecular formula is C27H23ClN4O. The Hall–Kier alpha value is -3.59. The van der Waals surface area contributed by atoms with Crippen LogP contribution in [0.1, 0.15) is 18.4 Å². The van der Waals surface area contributed by atoms with Crippen LogP contribution < -0.4 is 15.4 Å². The van der Waals surface area contributed by atoms with E-state index in [4.69, 9.17) is 16.3 Å². The largest absolute Gasteiger partial charge is 0.456 e. The summed E-state index contributed by atoms with van der Waals surface area (Å²) in [6.07, 6.45) is 3.88. The third-order valence-electron chi connectivity index (χ3n) is 5.52. The summed E-state index contributed by atoms with van der Waals surface area (Å²) in [5.41, 5.74) is 2.62. The molecule has 164 valence electrons. The van der Waals surface area contributed by atoms with E-state index >= 15 is 0 Å². The van der Waals surface area contributed by atoms with Gasteiger partial charge in [-0.2, -0.15) is 0 Å². The fraction of sp³-hybridized carbons (Fsp3) is 0.185. The fourth-order valence-corrected chi connectivity index (χ4v) is 4.03. The quantitative estimate of drug-likeness (QED) is 0.361. The molecule has 0 bridgehead atoms. The molecule has 4 aromatic rings. The van der Waals surface area contributed by atoms with E-state index in [1.54, 1.807) is 6.33 Å². The Labute approximate surface area is 198 Å². The van der Waals surface area contributed by atoms with Crippen molar-refractivity contribution < 1.29 is 4.74 Å². The number of benzene rings is 3. The number of ether oxygens (including phenoxy) is 1. The summed E-state index contributed by atoms with van der Waals surface area (Å²) < 4.78 is 5.87. The second kappa shape index (κ2) is 9.91. The fourth-order valence-electron chi connectivity index (χ4n) is 3.81. The lowest BCUT2D eigenvalue weighted by molar-refractivity contribution is 0.449. The first-order valence-corrected chi connectivity index (χ1v) is 11.4. The molecule has 0 saturated carbocycles. The van der Waals surface area contributed by atoms with Gasteiger partial charge in [-0.25, -0.2) is 9.97 Å². The highest BCUT2D eigenvalue weighted by molar-refractivity contribution is 6.32. The number of rotatable bonds is 4. The molecule has 6 heteroatoms. The van der Waals surface area contributed by atoms with E-state index in [1.165, 1.54) is 6.42 Å². The maximum atomic E-state index is 6.48. The summed E-state index contributed by atoms with van der Waals surface area (Å²) in [5, 5.41) is 8.19. The van der Waals surface area contributed by atoms with Crippen molar-refractivity contribution in [3.05, 3.63) is 83.6 Å². The predicted octanol–water partition coefficient (Wildman–Crippen LogP) is 6.17. The number of nitrogens with one attached hydrogen (secondary N) is 2. The van der Waals surface area contributed by atoms with Gasteiger partial charge in [0.15, 0.2) is 0 Å². The van der Waals surface area contributed by atoms with Gasteiger partial charge in [-0.3, -0.25) is 0 Å². The smallest absolute Gasteiger partial charge is 0.146 e. The molecule has 1 aliphatic rings. The van der Waals surface area contributed by atoms with Crippen LogP contribution in [-0.2, 0) is 0 Å². The minimum atomic E-state index is 0.401. The van der Waals surface area contributed by atoms with Crippen molar-refractivity contribution >= 4 is 34.0 Å². The number of aromatic nitrogens is 2. The van der Waals surface area contributed by atoms with E-state index in [0.29, 0.717) is 22.5 Å². The van der Waals surface area contributed by atoms with Gasteiger partial charge in [0.2, 0.25) is 0 Å². The highest BCUT2D eigenvalue weighted by Gasteiger charge is 2.10. The summed E-state index contributed by atoms with van der Waals surface area (Å²) in [6, 6.07) is 21.2. The van der Waals surface area contributed by atoms with E-state index in [9.17, 15) is 0 Å². The van der Waals surface area contributed by atoms with Gasteiger partial charge in [0.05, 0.1) is 10.5 Å². The first-order chi connectivity index (χ1) is 16.2. The first kappa shape index (κ1) is 21.3. The van der Waals surface area contributed by atoms with Gasteiger partial charge in [-0.15, -0.1) is 0 Å². The number of halogens is 1. The lowest BCUT2D eigenvalue weighted by Crippen LogP contribution is -2.28. The summed E-state index contributed by atoms with van der Waals surface area (Å²) in [7, 11) is 0. The highest BCUT2D eigenvalue weighted by atomic mass is 35.5. The van der Waals surface area contributed by atoms with Crippen molar-refractivity contribution in [1.82, 2.24) is 15.3 Å². The Morgan fingerprint density at radius 1 is 1.03 bits per heavy atom. The summed E-state index contributed by atoms with van der Waals surface area (Å²) in [4.78, 5) is 8.86. The normalized spacial score (nSPS) is 15.5. The number of hydrogen-bond donors (Lipinski definition) is 2.